The first-order valence-electron chi connectivity index (χ1n) is 10.5. The standard InChI is InChI=1S/C26H22N4O3S/c31-26(29-28-19-22-12-9-17-27-18-22)24-15-7-8-16-25(24)30(20-21-10-3-1-4-11-21)34(32,33)23-13-5-2-6-14-23/h1-19H,20H2,(H,29,31)/b28-19-. The number of rotatable bonds is 8. The van der Waals surface area contributed by atoms with Crippen LogP contribution in [-0.4, -0.2) is 25.5 Å². The Morgan fingerprint density at radius 3 is 2.26 bits per heavy atom. The molecule has 1 N–H and O–H groups in total. The van der Waals surface area contributed by atoms with E-state index in [1.54, 1.807) is 67.0 Å². The molecule has 0 fully saturated rings. The van der Waals surface area contributed by atoms with Crippen LogP contribution in [0.15, 0.2) is 119 Å². The van der Waals surface area contributed by atoms with Gasteiger partial charge in [0.2, 0.25) is 0 Å². The smallest absolute Gasteiger partial charge is 0.267 e. The molecular formula is C26H22N4O3S. The van der Waals surface area contributed by atoms with E-state index in [2.05, 4.69) is 15.5 Å². The van der Waals surface area contributed by atoms with Gasteiger partial charge >= 0.3 is 0 Å². The first kappa shape index (κ1) is 22.9. The molecule has 0 saturated carbocycles. The normalized spacial score (nSPS) is 11.3. The molecule has 0 aliphatic rings. The second kappa shape index (κ2) is 10.5. The molecule has 170 valence electrons. The second-order valence-corrected chi connectivity index (χ2v) is 9.18. The number of nitrogens with zero attached hydrogens (tertiary/aromatic N) is 3. The van der Waals surface area contributed by atoms with Gasteiger partial charge in [-0.25, -0.2) is 13.8 Å². The summed E-state index contributed by atoms with van der Waals surface area (Å²) in [5, 5.41) is 3.99. The van der Waals surface area contributed by atoms with Crippen LogP contribution in [0.5, 0.6) is 0 Å². The van der Waals surface area contributed by atoms with Crippen molar-refractivity contribution >= 4 is 27.8 Å². The molecule has 1 aromatic heterocycles. The highest BCUT2D eigenvalue weighted by molar-refractivity contribution is 7.92. The lowest BCUT2D eigenvalue weighted by Gasteiger charge is -2.26. The van der Waals surface area contributed by atoms with Crippen molar-refractivity contribution in [2.75, 3.05) is 4.31 Å². The maximum atomic E-state index is 13.7. The van der Waals surface area contributed by atoms with Crippen molar-refractivity contribution in [1.29, 1.82) is 0 Å². The molecule has 0 spiro atoms. The van der Waals surface area contributed by atoms with Gasteiger partial charge in [-0.05, 0) is 35.9 Å². The van der Waals surface area contributed by atoms with Crippen LogP contribution in [0.1, 0.15) is 21.5 Å². The Morgan fingerprint density at radius 1 is 0.882 bits per heavy atom. The number of para-hydroxylation sites is 1. The Labute approximate surface area is 198 Å². The monoisotopic (exact) mass is 470 g/mol. The molecule has 0 bridgehead atoms. The Bertz CT molecular complexity index is 1380. The zero-order valence-corrected chi connectivity index (χ0v) is 19.0. The Balaban J connectivity index is 1.71. The van der Waals surface area contributed by atoms with E-state index in [9.17, 15) is 13.2 Å². The number of nitrogens with one attached hydrogen (secondary N) is 1. The van der Waals surface area contributed by atoms with Crippen LogP contribution in [0, 0.1) is 0 Å². The van der Waals surface area contributed by atoms with Crippen LogP contribution in [0.2, 0.25) is 0 Å². The lowest BCUT2D eigenvalue weighted by atomic mass is 10.1. The fourth-order valence-corrected chi connectivity index (χ4v) is 4.82. The summed E-state index contributed by atoms with van der Waals surface area (Å²) >= 11 is 0. The average Bonchev–Trinajstić information content (AvgIpc) is 2.89. The zero-order valence-electron chi connectivity index (χ0n) is 18.2. The van der Waals surface area contributed by atoms with Gasteiger partial charge in [0.1, 0.15) is 0 Å². The third-order valence-electron chi connectivity index (χ3n) is 4.98. The molecule has 1 amide bonds. The number of benzene rings is 3. The van der Waals surface area contributed by atoms with Crippen molar-refractivity contribution in [3.63, 3.8) is 0 Å². The molecule has 0 saturated heterocycles. The van der Waals surface area contributed by atoms with Gasteiger partial charge in [0.15, 0.2) is 0 Å². The van der Waals surface area contributed by atoms with Gasteiger partial charge in [0, 0.05) is 18.0 Å². The summed E-state index contributed by atoms with van der Waals surface area (Å²) in [5.74, 6) is -0.530. The topological polar surface area (TPSA) is 91.7 Å². The van der Waals surface area contributed by atoms with Gasteiger partial charge in [0.25, 0.3) is 15.9 Å². The molecule has 0 aliphatic carbocycles. The Hall–Kier alpha value is -4.30. The summed E-state index contributed by atoms with van der Waals surface area (Å²) in [5.41, 5.74) is 4.41. The van der Waals surface area contributed by atoms with Gasteiger partial charge in [-0.2, -0.15) is 5.10 Å². The first-order chi connectivity index (χ1) is 16.6. The number of aromatic nitrogens is 1. The average molecular weight is 471 g/mol. The van der Waals surface area contributed by atoms with Crippen LogP contribution in [-0.2, 0) is 16.6 Å². The minimum absolute atomic E-state index is 0.0569. The Morgan fingerprint density at radius 2 is 1.56 bits per heavy atom. The van der Waals surface area contributed by atoms with Crippen LogP contribution in [0.4, 0.5) is 5.69 Å². The molecule has 0 radical (unpaired) electrons. The largest absolute Gasteiger partial charge is 0.273 e. The molecule has 0 unspecified atom stereocenters. The van der Waals surface area contributed by atoms with Crippen molar-refractivity contribution in [3.05, 3.63) is 126 Å². The second-order valence-electron chi connectivity index (χ2n) is 7.31. The van der Waals surface area contributed by atoms with Crippen molar-refractivity contribution in [1.82, 2.24) is 10.4 Å². The number of carbonyl (C=O) groups excluding carboxylic acids is 1. The van der Waals surface area contributed by atoms with E-state index in [-0.39, 0.29) is 22.7 Å². The quantitative estimate of drug-likeness (QED) is 0.308. The Kier molecular flexibility index (Phi) is 7.10. The molecule has 0 atom stereocenters. The number of hydrogen-bond acceptors (Lipinski definition) is 5. The van der Waals surface area contributed by atoms with Crippen molar-refractivity contribution in [2.24, 2.45) is 5.10 Å². The zero-order chi connectivity index (χ0) is 23.8. The SMILES string of the molecule is O=C(N/N=C\c1cccnc1)c1ccccc1N(Cc1ccccc1)S(=O)(=O)c1ccccc1. The van der Waals surface area contributed by atoms with Gasteiger partial charge in [0.05, 0.1) is 28.9 Å². The van der Waals surface area contributed by atoms with Crippen molar-refractivity contribution < 1.29 is 13.2 Å². The van der Waals surface area contributed by atoms with Gasteiger partial charge in [-0.1, -0.05) is 66.7 Å². The van der Waals surface area contributed by atoms with Crippen LogP contribution < -0.4 is 9.73 Å². The summed E-state index contributed by atoms with van der Waals surface area (Å²) in [7, 11) is -3.97. The van der Waals surface area contributed by atoms with Gasteiger partial charge < -0.3 is 0 Å². The van der Waals surface area contributed by atoms with Crippen LogP contribution in [0.25, 0.3) is 0 Å². The van der Waals surface area contributed by atoms with Crippen LogP contribution in [0.3, 0.4) is 0 Å². The molecule has 4 aromatic rings. The van der Waals surface area contributed by atoms with E-state index in [1.165, 1.54) is 22.7 Å². The molecule has 7 nitrogen and oxygen atoms in total. The fraction of sp³-hybridized carbons (Fsp3) is 0.0385. The molecule has 34 heavy (non-hydrogen) atoms. The summed E-state index contributed by atoms with van der Waals surface area (Å²) < 4.78 is 28.6. The minimum atomic E-state index is -3.97. The number of amides is 1. The number of sulfonamides is 1. The number of carbonyl (C=O) groups is 1. The van der Waals surface area contributed by atoms with E-state index >= 15 is 0 Å². The lowest BCUT2D eigenvalue weighted by Crippen LogP contribution is -2.33. The highest BCUT2D eigenvalue weighted by atomic mass is 32.2. The fourth-order valence-electron chi connectivity index (χ4n) is 3.33. The minimum Gasteiger partial charge on any atom is -0.267 e. The third-order valence-corrected chi connectivity index (χ3v) is 6.76. The lowest BCUT2D eigenvalue weighted by molar-refractivity contribution is 0.0956. The predicted molar refractivity (Wildman–Crippen MR) is 132 cm³/mol. The van der Waals surface area contributed by atoms with E-state index in [1.807, 2.05) is 30.3 Å². The maximum Gasteiger partial charge on any atom is 0.273 e. The highest BCUT2D eigenvalue weighted by Crippen LogP contribution is 2.29. The molecule has 3 aromatic carbocycles. The molecule has 0 aliphatic heterocycles. The van der Waals surface area contributed by atoms with Crippen molar-refractivity contribution in [3.8, 4) is 0 Å². The molecule has 8 heteroatoms. The number of hydrogen-bond donors (Lipinski definition) is 1. The van der Waals surface area contributed by atoms with E-state index in [0.717, 1.165) is 5.56 Å². The number of anilines is 1. The summed E-state index contributed by atoms with van der Waals surface area (Å²) in [6.07, 6.45) is 4.72. The molecule has 4 rings (SSSR count). The highest BCUT2D eigenvalue weighted by Gasteiger charge is 2.28. The van der Waals surface area contributed by atoms with E-state index < -0.39 is 15.9 Å². The first-order valence-corrected chi connectivity index (χ1v) is 11.9. The molecule has 1 heterocycles. The summed E-state index contributed by atoms with van der Waals surface area (Å²) in [6.45, 7) is 0.0569. The van der Waals surface area contributed by atoms with E-state index in [0.29, 0.717) is 5.56 Å². The number of pyridine rings is 1. The maximum absolute atomic E-state index is 13.7. The molecular weight excluding hydrogens is 448 g/mol. The number of hydrazone groups is 1. The van der Waals surface area contributed by atoms with Gasteiger partial charge in [-0.15, -0.1) is 0 Å². The third kappa shape index (κ3) is 5.36. The van der Waals surface area contributed by atoms with Gasteiger partial charge in [-0.3, -0.25) is 14.1 Å². The van der Waals surface area contributed by atoms with E-state index in [4.69, 9.17) is 0 Å². The van der Waals surface area contributed by atoms with Crippen molar-refractivity contribution in [2.45, 2.75) is 11.4 Å². The predicted octanol–water partition coefficient (Wildman–Crippen LogP) is 4.24. The van der Waals surface area contributed by atoms with Crippen LogP contribution >= 0.6 is 0 Å². The summed E-state index contributed by atoms with van der Waals surface area (Å²) in [4.78, 5) is 17.1. The summed E-state index contributed by atoms with van der Waals surface area (Å²) in [6, 6.07) is 27.5.